The van der Waals surface area contributed by atoms with Crippen molar-refractivity contribution in [2.24, 2.45) is 0 Å². The van der Waals surface area contributed by atoms with Crippen molar-refractivity contribution in [3.63, 3.8) is 0 Å². The maximum Gasteiger partial charge on any atom is 0.389 e. The summed E-state index contributed by atoms with van der Waals surface area (Å²) < 4.78 is 35.7. The van der Waals surface area contributed by atoms with E-state index in [-0.39, 0.29) is 6.42 Å². The molecule has 0 aliphatic rings. The first-order valence-electron chi connectivity index (χ1n) is 6.22. The lowest BCUT2D eigenvalue weighted by atomic mass is 10.1. The molecule has 1 rings (SSSR count). The molecule has 0 unspecified atom stereocenters. The number of aryl methyl sites for hydroxylation is 2. The Hall–Kier alpha value is -1.03. The van der Waals surface area contributed by atoms with E-state index in [1.54, 1.807) is 0 Å². The molecule has 1 nitrogen and oxygen atoms in total. The van der Waals surface area contributed by atoms with Crippen molar-refractivity contribution in [3.8, 4) is 0 Å². The molecule has 0 aliphatic carbocycles. The van der Waals surface area contributed by atoms with Crippen LogP contribution in [-0.2, 0) is 6.54 Å². The smallest absolute Gasteiger partial charge is 0.313 e. The summed E-state index contributed by atoms with van der Waals surface area (Å²) in [7, 11) is 0. The lowest BCUT2D eigenvalue weighted by Gasteiger charge is -2.08. The Bertz CT molecular complexity index is 372. The summed E-state index contributed by atoms with van der Waals surface area (Å²) in [6.07, 6.45) is -3.94. The minimum absolute atomic E-state index is 0.198. The van der Waals surface area contributed by atoms with Crippen LogP contribution in [0.25, 0.3) is 0 Å². The lowest BCUT2D eigenvalue weighted by molar-refractivity contribution is -0.135. The van der Waals surface area contributed by atoms with Gasteiger partial charge >= 0.3 is 6.18 Å². The van der Waals surface area contributed by atoms with Gasteiger partial charge in [-0.1, -0.05) is 18.2 Å². The van der Waals surface area contributed by atoms with Gasteiger partial charge in [-0.15, -0.1) is 0 Å². The van der Waals surface area contributed by atoms with Gasteiger partial charge in [0.25, 0.3) is 0 Å². The average Bonchev–Trinajstić information content (AvgIpc) is 2.26. The Balaban J connectivity index is 2.16. The first-order valence-corrected chi connectivity index (χ1v) is 6.22. The lowest BCUT2D eigenvalue weighted by Crippen LogP contribution is -2.16. The molecule has 0 amide bonds. The largest absolute Gasteiger partial charge is 0.389 e. The van der Waals surface area contributed by atoms with Gasteiger partial charge in [-0.3, -0.25) is 0 Å². The SMILES string of the molecule is Cc1ccc(CNCCCCC(F)(F)F)cc1C. The first kappa shape index (κ1) is 15.0. The summed E-state index contributed by atoms with van der Waals surface area (Å²) in [5.74, 6) is 0. The average molecular weight is 259 g/mol. The molecule has 0 aliphatic heterocycles. The number of unbranched alkanes of at least 4 members (excludes halogenated alkanes) is 1. The fourth-order valence-electron chi connectivity index (χ4n) is 1.72. The topological polar surface area (TPSA) is 12.0 Å². The third kappa shape index (κ3) is 6.05. The standard InChI is InChI=1S/C14H20F3N/c1-11-5-6-13(9-12(11)2)10-18-8-4-3-7-14(15,16)17/h5-6,9,18H,3-4,7-8,10H2,1-2H3. The zero-order valence-electron chi connectivity index (χ0n) is 10.9. The molecule has 102 valence electrons. The second-order valence-corrected chi connectivity index (χ2v) is 4.67. The molecule has 1 aromatic rings. The first-order chi connectivity index (χ1) is 8.38. The normalized spacial score (nSPS) is 11.8. The number of nitrogens with one attached hydrogen (secondary N) is 1. The predicted molar refractivity (Wildman–Crippen MR) is 67.5 cm³/mol. The van der Waals surface area contributed by atoms with E-state index < -0.39 is 12.6 Å². The van der Waals surface area contributed by atoms with E-state index in [2.05, 4.69) is 31.3 Å². The highest BCUT2D eigenvalue weighted by molar-refractivity contribution is 5.29. The third-order valence-electron chi connectivity index (χ3n) is 2.96. The Labute approximate surface area is 106 Å². The van der Waals surface area contributed by atoms with Gasteiger partial charge < -0.3 is 5.32 Å². The molecule has 4 heteroatoms. The highest BCUT2D eigenvalue weighted by atomic mass is 19.4. The number of halogens is 3. The molecule has 18 heavy (non-hydrogen) atoms. The maximum atomic E-state index is 11.9. The van der Waals surface area contributed by atoms with Gasteiger partial charge in [-0.25, -0.2) is 0 Å². The number of hydrogen-bond donors (Lipinski definition) is 1. The van der Waals surface area contributed by atoms with Crippen LogP contribution in [0.15, 0.2) is 18.2 Å². The molecule has 0 bridgehead atoms. The summed E-state index contributed by atoms with van der Waals surface area (Å²) in [5, 5.41) is 3.17. The Kier molecular flexibility index (Phi) is 5.66. The third-order valence-corrected chi connectivity index (χ3v) is 2.96. The van der Waals surface area contributed by atoms with Gasteiger partial charge in [-0.05, 0) is 49.9 Å². The van der Waals surface area contributed by atoms with Gasteiger partial charge in [0, 0.05) is 13.0 Å². The van der Waals surface area contributed by atoms with Crippen molar-refractivity contribution in [2.75, 3.05) is 6.54 Å². The van der Waals surface area contributed by atoms with E-state index in [1.165, 1.54) is 16.7 Å². The molecule has 0 saturated heterocycles. The Morgan fingerprint density at radius 3 is 2.39 bits per heavy atom. The molecule has 0 atom stereocenters. The summed E-state index contributed by atoms with van der Waals surface area (Å²) in [5.41, 5.74) is 3.67. The fraction of sp³-hybridized carbons (Fsp3) is 0.571. The highest BCUT2D eigenvalue weighted by Crippen LogP contribution is 2.21. The number of rotatable bonds is 6. The van der Waals surface area contributed by atoms with Gasteiger partial charge in [0.2, 0.25) is 0 Å². The maximum absolute atomic E-state index is 11.9. The number of benzene rings is 1. The van der Waals surface area contributed by atoms with Crippen LogP contribution in [0.2, 0.25) is 0 Å². The summed E-state index contributed by atoms with van der Waals surface area (Å²) >= 11 is 0. The van der Waals surface area contributed by atoms with E-state index in [4.69, 9.17) is 0 Å². The minimum Gasteiger partial charge on any atom is -0.313 e. The van der Waals surface area contributed by atoms with E-state index in [1.807, 2.05) is 6.07 Å². The van der Waals surface area contributed by atoms with E-state index in [9.17, 15) is 13.2 Å². The highest BCUT2D eigenvalue weighted by Gasteiger charge is 2.25. The molecule has 1 aromatic carbocycles. The van der Waals surface area contributed by atoms with Crippen molar-refractivity contribution in [1.29, 1.82) is 0 Å². The van der Waals surface area contributed by atoms with Crippen LogP contribution in [0.3, 0.4) is 0 Å². The second kappa shape index (κ2) is 6.78. The molecule has 0 spiro atoms. The van der Waals surface area contributed by atoms with Crippen molar-refractivity contribution in [1.82, 2.24) is 5.32 Å². The van der Waals surface area contributed by atoms with Gasteiger partial charge in [-0.2, -0.15) is 13.2 Å². The molecule has 0 saturated carbocycles. The summed E-state index contributed by atoms with van der Waals surface area (Å²) in [6.45, 7) is 5.46. The fourth-order valence-corrected chi connectivity index (χ4v) is 1.72. The predicted octanol–water partition coefficient (Wildman–Crippen LogP) is 4.13. The van der Waals surface area contributed by atoms with Crippen LogP contribution < -0.4 is 5.32 Å². The molecule has 1 N–H and O–H groups in total. The summed E-state index contributed by atoms with van der Waals surface area (Å²) in [6, 6.07) is 6.22. The van der Waals surface area contributed by atoms with E-state index in [0.717, 1.165) is 0 Å². The molecule has 0 radical (unpaired) electrons. The van der Waals surface area contributed by atoms with Crippen LogP contribution in [0.1, 0.15) is 36.0 Å². The molecule has 0 fully saturated rings. The zero-order valence-corrected chi connectivity index (χ0v) is 10.9. The minimum atomic E-state index is -4.02. The second-order valence-electron chi connectivity index (χ2n) is 4.67. The van der Waals surface area contributed by atoms with E-state index in [0.29, 0.717) is 19.5 Å². The molecule has 0 heterocycles. The van der Waals surface area contributed by atoms with Crippen LogP contribution in [-0.4, -0.2) is 12.7 Å². The number of alkyl halides is 3. The zero-order chi connectivity index (χ0) is 13.6. The molecular formula is C14H20F3N. The van der Waals surface area contributed by atoms with E-state index >= 15 is 0 Å². The van der Waals surface area contributed by atoms with Crippen LogP contribution in [0.5, 0.6) is 0 Å². The molecular weight excluding hydrogens is 239 g/mol. The Morgan fingerprint density at radius 1 is 1.06 bits per heavy atom. The van der Waals surface area contributed by atoms with Gasteiger partial charge in [0.1, 0.15) is 0 Å². The quantitative estimate of drug-likeness (QED) is 0.757. The van der Waals surface area contributed by atoms with Gasteiger partial charge in [0.15, 0.2) is 0 Å². The summed E-state index contributed by atoms with van der Waals surface area (Å²) in [4.78, 5) is 0. The van der Waals surface area contributed by atoms with Crippen molar-refractivity contribution in [2.45, 2.75) is 45.8 Å². The van der Waals surface area contributed by atoms with Crippen molar-refractivity contribution >= 4 is 0 Å². The van der Waals surface area contributed by atoms with Crippen LogP contribution in [0.4, 0.5) is 13.2 Å². The van der Waals surface area contributed by atoms with Crippen molar-refractivity contribution < 1.29 is 13.2 Å². The van der Waals surface area contributed by atoms with Crippen LogP contribution in [0, 0.1) is 13.8 Å². The van der Waals surface area contributed by atoms with Crippen LogP contribution >= 0.6 is 0 Å². The number of hydrogen-bond acceptors (Lipinski definition) is 1. The van der Waals surface area contributed by atoms with Gasteiger partial charge in [0.05, 0.1) is 0 Å². The Morgan fingerprint density at radius 2 is 1.78 bits per heavy atom. The molecule has 0 aromatic heterocycles. The monoisotopic (exact) mass is 259 g/mol. The van der Waals surface area contributed by atoms with Crippen molar-refractivity contribution in [3.05, 3.63) is 34.9 Å².